The molecule has 0 bridgehead atoms. The molecule has 6 heteroatoms. The molecule has 1 aromatic heterocycles. The van der Waals surface area contributed by atoms with Crippen LogP contribution in [-0.4, -0.2) is 21.5 Å². The Morgan fingerprint density at radius 3 is 2.87 bits per heavy atom. The first kappa shape index (κ1) is 10.5. The predicted octanol–water partition coefficient (Wildman–Crippen LogP) is 1.08. The van der Waals surface area contributed by atoms with E-state index in [0.29, 0.717) is 6.04 Å². The molecule has 0 aliphatic heterocycles. The van der Waals surface area contributed by atoms with E-state index in [1.165, 1.54) is 30.8 Å². The molecule has 3 N–H and O–H groups in total. The van der Waals surface area contributed by atoms with Gasteiger partial charge in [0.15, 0.2) is 5.84 Å². The van der Waals surface area contributed by atoms with Crippen LogP contribution in [0.2, 0.25) is 0 Å². The van der Waals surface area contributed by atoms with E-state index in [9.17, 15) is 0 Å². The van der Waals surface area contributed by atoms with Crippen LogP contribution in [-0.2, 0) is 0 Å². The Labute approximate surface area is 92.9 Å². The molecule has 5 nitrogen and oxygen atoms in total. The van der Waals surface area contributed by atoms with Gasteiger partial charge >= 0.3 is 0 Å². The van der Waals surface area contributed by atoms with Gasteiger partial charge < -0.3 is 5.43 Å². The second kappa shape index (κ2) is 5.18. The second-order valence-electron chi connectivity index (χ2n) is 3.70. The Hall–Kier alpha value is -1.01. The quantitative estimate of drug-likeness (QED) is 0.342. The lowest BCUT2D eigenvalue weighted by atomic mass is 9.96. The first-order valence-electron chi connectivity index (χ1n) is 5.22. The maximum absolute atomic E-state index is 5.45. The van der Waals surface area contributed by atoms with E-state index in [-0.39, 0.29) is 0 Å². The molecule has 1 fully saturated rings. The number of amidine groups is 1. The third kappa shape index (κ3) is 2.73. The van der Waals surface area contributed by atoms with Crippen molar-refractivity contribution in [1.29, 1.82) is 0 Å². The highest BCUT2D eigenvalue weighted by molar-refractivity contribution is 7.07. The molecule has 0 atom stereocenters. The lowest BCUT2D eigenvalue weighted by Crippen LogP contribution is -2.32. The molecule has 1 aliphatic carbocycles. The molecular formula is C9H15N5S. The summed E-state index contributed by atoms with van der Waals surface area (Å²) in [5, 5.41) is 3.78. The molecule has 2 rings (SSSR count). The largest absolute Gasteiger partial charge is 0.307 e. The summed E-state index contributed by atoms with van der Waals surface area (Å²) in [5.74, 6) is 6.17. The number of hydrogen-bond acceptors (Lipinski definition) is 5. The van der Waals surface area contributed by atoms with Crippen LogP contribution in [0.25, 0.3) is 0 Å². The van der Waals surface area contributed by atoms with Gasteiger partial charge in [0, 0.05) is 0 Å². The number of aliphatic imine (C=N–C) groups is 1. The van der Waals surface area contributed by atoms with Crippen molar-refractivity contribution < 1.29 is 0 Å². The minimum atomic E-state index is 0.409. The molecule has 0 aromatic carbocycles. The van der Waals surface area contributed by atoms with E-state index in [4.69, 9.17) is 5.84 Å². The lowest BCUT2D eigenvalue weighted by Gasteiger charge is -2.18. The highest BCUT2D eigenvalue weighted by Crippen LogP contribution is 2.20. The number of hydrogen-bond donors (Lipinski definition) is 2. The summed E-state index contributed by atoms with van der Waals surface area (Å²) in [5.41, 5.74) is 2.63. The van der Waals surface area contributed by atoms with Crippen LogP contribution >= 0.6 is 11.5 Å². The maximum Gasteiger partial charge on any atom is 0.156 e. The molecule has 0 unspecified atom stereocenters. The van der Waals surface area contributed by atoms with Crippen LogP contribution in [0.5, 0.6) is 0 Å². The number of nitrogens with two attached hydrogens (primary N) is 1. The zero-order valence-electron chi connectivity index (χ0n) is 8.52. The van der Waals surface area contributed by atoms with Crippen molar-refractivity contribution in [3.63, 3.8) is 0 Å². The van der Waals surface area contributed by atoms with Crippen molar-refractivity contribution in [2.24, 2.45) is 10.8 Å². The van der Waals surface area contributed by atoms with E-state index < -0.39 is 0 Å². The van der Waals surface area contributed by atoms with Crippen molar-refractivity contribution in [3.8, 4) is 0 Å². The monoisotopic (exact) mass is 225 g/mol. The number of hydrazine groups is 1. The van der Waals surface area contributed by atoms with Crippen molar-refractivity contribution in [1.82, 2.24) is 15.0 Å². The van der Waals surface area contributed by atoms with Crippen LogP contribution in [0.4, 0.5) is 0 Å². The van der Waals surface area contributed by atoms with E-state index in [0.717, 1.165) is 23.6 Å². The molecule has 0 radical (unpaired) electrons. The zero-order valence-corrected chi connectivity index (χ0v) is 9.33. The third-order valence-electron chi connectivity index (χ3n) is 2.62. The van der Waals surface area contributed by atoms with E-state index >= 15 is 0 Å². The summed E-state index contributed by atoms with van der Waals surface area (Å²) in [7, 11) is 0. The molecule has 0 saturated heterocycles. The first-order chi connectivity index (χ1) is 7.40. The number of nitrogens with zero attached hydrogens (tertiary/aromatic N) is 3. The van der Waals surface area contributed by atoms with E-state index in [1.807, 2.05) is 0 Å². The van der Waals surface area contributed by atoms with Crippen molar-refractivity contribution >= 4 is 17.4 Å². The minimum absolute atomic E-state index is 0.409. The maximum atomic E-state index is 5.45. The predicted molar refractivity (Wildman–Crippen MR) is 60.6 cm³/mol. The molecule has 0 amide bonds. The molecule has 0 spiro atoms. The van der Waals surface area contributed by atoms with Gasteiger partial charge in [-0.2, -0.15) is 0 Å². The summed E-state index contributed by atoms with van der Waals surface area (Å²) in [6.45, 7) is 0. The average molecular weight is 225 g/mol. The standard InChI is InChI=1S/C9H15N5S/c10-13-9(8-6-11-14-15-8)12-7-4-2-1-3-5-7/h6-7H,1-5,10H2,(H,12,13). The van der Waals surface area contributed by atoms with Gasteiger partial charge in [-0.15, -0.1) is 5.10 Å². The van der Waals surface area contributed by atoms with Crippen molar-refractivity contribution in [3.05, 3.63) is 11.1 Å². The van der Waals surface area contributed by atoms with Crippen molar-refractivity contribution in [2.45, 2.75) is 38.1 Å². The van der Waals surface area contributed by atoms with E-state index in [2.05, 4.69) is 20.0 Å². The smallest absolute Gasteiger partial charge is 0.156 e. The molecule has 82 valence electrons. The summed E-state index contributed by atoms with van der Waals surface area (Å²) < 4.78 is 3.80. The normalized spacial score (nSPS) is 19.1. The van der Waals surface area contributed by atoms with Crippen LogP contribution in [0.15, 0.2) is 11.2 Å². The van der Waals surface area contributed by atoms with Gasteiger partial charge in [-0.25, -0.2) is 5.84 Å². The molecule has 1 aliphatic rings. The van der Waals surface area contributed by atoms with Gasteiger partial charge in [-0.05, 0) is 24.4 Å². The Bertz CT molecular complexity index is 315. The highest BCUT2D eigenvalue weighted by Gasteiger charge is 2.14. The summed E-state index contributed by atoms with van der Waals surface area (Å²) in [4.78, 5) is 5.51. The summed E-state index contributed by atoms with van der Waals surface area (Å²) >= 11 is 1.31. The molecule has 1 aromatic rings. The summed E-state index contributed by atoms with van der Waals surface area (Å²) in [6, 6.07) is 0.409. The highest BCUT2D eigenvalue weighted by atomic mass is 32.1. The molecule has 1 heterocycles. The fourth-order valence-electron chi connectivity index (χ4n) is 1.84. The van der Waals surface area contributed by atoms with Gasteiger partial charge in [0.2, 0.25) is 0 Å². The fourth-order valence-corrected chi connectivity index (χ4v) is 2.31. The summed E-state index contributed by atoms with van der Waals surface area (Å²) in [6.07, 6.45) is 7.89. The first-order valence-corrected chi connectivity index (χ1v) is 5.99. The number of rotatable bonds is 2. The third-order valence-corrected chi connectivity index (χ3v) is 3.29. The van der Waals surface area contributed by atoms with Crippen LogP contribution < -0.4 is 11.3 Å². The van der Waals surface area contributed by atoms with Gasteiger partial charge in [0.1, 0.15) is 4.88 Å². The average Bonchev–Trinajstić information content (AvgIpc) is 2.81. The van der Waals surface area contributed by atoms with Gasteiger partial charge in [-0.1, -0.05) is 23.8 Å². The van der Waals surface area contributed by atoms with Gasteiger partial charge in [-0.3, -0.25) is 4.99 Å². The number of aromatic nitrogens is 2. The minimum Gasteiger partial charge on any atom is -0.307 e. The second-order valence-corrected chi connectivity index (χ2v) is 4.48. The number of nitrogens with one attached hydrogen (secondary N) is 1. The molecule has 1 saturated carbocycles. The fraction of sp³-hybridized carbons (Fsp3) is 0.667. The van der Waals surface area contributed by atoms with Gasteiger partial charge in [0.25, 0.3) is 0 Å². The van der Waals surface area contributed by atoms with E-state index in [1.54, 1.807) is 6.20 Å². The molecular weight excluding hydrogens is 210 g/mol. The SMILES string of the molecule is NNC(=NC1CCCCC1)c1cnns1. The Morgan fingerprint density at radius 1 is 1.47 bits per heavy atom. The Kier molecular flexibility index (Phi) is 3.63. The lowest BCUT2D eigenvalue weighted by molar-refractivity contribution is 0.442. The van der Waals surface area contributed by atoms with Crippen molar-refractivity contribution in [2.75, 3.05) is 0 Å². The van der Waals surface area contributed by atoms with Crippen LogP contribution in [0.1, 0.15) is 37.0 Å². The van der Waals surface area contributed by atoms with Crippen LogP contribution in [0, 0.1) is 0 Å². The Morgan fingerprint density at radius 2 is 2.27 bits per heavy atom. The topological polar surface area (TPSA) is 76.2 Å². The Balaban J connectivity index is 2.08. The zero-order chi connectivity index (χ0) is 10.5. The molecule has 15 heavy (non-hydrogen) atoms. The van der Waals surface area contributed by atoms with Gasteiger partial charge in [0.05, 0.1) is 12.2 Å². The van der Waals surface area contributed by atoms with Crippen LogP contribution in [0.3, 0.4) is 0 Å².